The lowest BCUT2D eigenvalue weighted by Crippen LogP contribution is -2.52. The number of hydrogen-bond acceptors (Lipinski definition) is 5. The van der Waals surface area contributed by atoms with E-state index in [-0.39, 0.29) is 42.0 Å². The first-order chi connectivity index (χ1) is 13.9. The third kappa shape index (κ3) is 4.01. The molecule has 2 aliphatic rings. The summed E-state index contributed by atoms with van der Waals surface area (Å²) in [6.45, 7) is 2.80. The van der Waals surface area contributed by atoms with Crippen molar-refractivity contribution in [2.24, 2.45) is 5.92 Å². The second-order valence-corrected chi connectivity index (χ2v) is 7.31. The first-order valence-corrected chi connectivity index (χ1v) is 9.31. The molecule has 152 valence electrons. The Morgan fingerprint density at radius 2 is 2.03 bits per heavy atom. The molecule has 0 radical (unpaired) electrons. The Balaban J connectivity index is 1.35. The van der Waals surface area contributed by atoms with Crippen LogP contribution in [0.5, 0.6) is 11.5 Å². The van der Waals surface area contributed by atoms with Gasteiger partial charge in [-0.05, 0) is 24.6 Å². The van der Waals surface area contributed by atoms with Crippen LogP contribution in [0.3, 0.4) is 0 Å². The molecule has 1 saturated heterocycles. The summed E-state index contributed by atoms with van der Waals surface area (Å²) in [6.07, 6.45) is 0. The third-order valence-corrected chi connectivity index (χ3v) is 5.04. The van der Waals surface area contributed by atoms with Crippen LogP contribution in [0.25, 0.3) is 0 Å². The molecular weight excluding hydrogens is 382 g/mol. The normalized spacial score (nSPS) is 16.2. The topological polar surface area (TPSA) is 67.9 Å². The fourth-order valence-corrected chi connectivity index (χ4v) is 3.27. The van der Waals surface area contributed by atoms with Gasteiger partial charge in [0.1, 0.15) is 29.7 Å². The molecule has 0 spiro atoms. The highest BCUT2D eigenvalue weighted by molar-refractivity contribution is 5.97. The first-order valence-electron chi connectivity index (χ1n) is 9.31. The zero-order chi connectivity index (χ0) is 20.5. The number of Topliss-reactive ketones (excluding diaryl/α,β-unsaturated/α-hetero) is 1. The first kappa shape index (κ1) is 19.2. The molecule has 2 aliphatic heterocycles. The number of likely N-dealkylation sites (tertiary alicyclic amines) is 1. The van der Waals surface area contributed by atoms with Crippen molar-refractivity contribution in [2.45, 2.75) is 6.92 Å². The summed E-state index contributed by atoms with van der Waals surface area (Å²) in [6, 6.07) is 7.19. The van der Waals surface area contributed by atoms with E-state index in [1.807, 2.05) is 0 Å². The molecule has 0 aromatic heterocycles. The molecule has 2 heterocycles. The third-order valence-electron chi connectivity index (χ3n) is 5.04. The summed E-state index contributed by atoms with van der Waals surface area (Å²) in [5.74, 6) is -0.869. The number of rotatable bonds is 4. The summed E-state index contributed by atoms with van der Waals surface area (Å²) in [4.78, 5) is 25.6. The quantitative estimate of drug-likeness (QED) is 0.852. The molecule has 0 aliphatic carbocycles. The van der Waals surface area contributed by atoms with Crippen LogP contribution in [-0.2, 0) is 4.79 Å². The molecule has 1 fully saturated rings. The van der Waals surface area contributed by atoms with E-state index in [4.69, 9.17) is 9.47 Å². The summed E-state index contributed by atoms with van der Waals surface area (Å²) >= 11 is 0. The van der Waals surface area contributed by atoms with Crippen molar-refractivity contribution in [1.29, 1.82) is 0 Å². The van der Waals surface area contributed by atoms with Gasteiger partial charge >= 0.3 is 0 Å². The lowest BCUT2D eigenvalue weighted by atomic mass is 9.99. The summed E-state index contributed by atoms with van der Waals surface area (Å²) < 4.78 is 38.8. The molecular formula is C21H20F2N2O4. The summed E-state index contributed by atoms with van der Waals surface area (Å²) in [5.41, 5.74) is 0.890. The number of fused-ring (bicyclic) bond motifs is 1. The van der Waals surface area contributed by atoms with Crippen molar-refractivity contribution < 1.29 is 27.8 Å². The van der Waals surface area contributed by atoms with Gasteiger partial charge in [0.05, 0.1) is 24.4 Å². The molecule has 0 bridgehead atoms. The van der Waals surface area contributed by atoms with Crippen molar-refractivity contribution in [3.63, 3.8) is 0 Å². The van der Waals surface area contributed by atoms with Crippen LogP contribution in [0.15, 0.2) is 30.3 Å². The molecule has 4 rings (SSSR count). The maximum Gasteiger partial charge on any atom is 0.256 e. The molecule has 0 unspecified atom stereocenters. The Kier molecular flexibility index (Phi) is 5.08. The Morgan fingerprint density at radius 1 is 1.24 bits per heavy atom. The zero-order valence-corrected chi connectivity index (χ0v) is 15.8. The van der Waals surface area contributed by atoms with Crippen LogP contribution < -0.4 is 14.8 Å². The van der Waals surface area contributed by atoms with Gasteiger partial charge in [0, 0.05) is 31.1 Å². The number of halogens is 2. The van der Waals surface area contributed by atoms with Gasteiger partial charge in [0.15, 0.2) is 5.78 Å². The fraction of sp³-hybridized carbons (Fsp3) is 0.333. The van der Waals surface area contributed by atoms with Gasteiger partial charge in [0.2, 0.25) is 0 Å². The minimum absolute atomic E-state index is 0.0645. The molecule has 0 atom stereocenters. The molecule has 6 nitrogen and oxygen atoms in total. The largest absolute Gasteiger partial charge is 0.493 e. The van der Waals surface area contributed by atoms with E-state index in [9.17, 15) is 18.4 Å². The van der Waals surface area contributed by atoms with E-state index in [2.05, 4.69) is 5.32 Å². The van der Waals surface area contributed by atoms with Gasteiger partial charge in [-0.3, -0.25) is 9.59 Å². The van der Waals surface area contributed by atoms with Gasteiger partial charge in [0.25, 0.3) is 5.91 Å². The Hall–Kier alpha value is -3.16. The molecule has 1 N–H and O–H groups in total. The second kappa shape index (κ2) is 7.69. The number of ether oxygens (including phenoxy) is 2. The SMILES string of the molecule is Cc1ccc(OCC2CN(C(=O)c3cc4c(cc3F)OCC(=O)CN4)C2)cc1F. The van der Waals surface area contributed by atoms with E-state index >= 15 is 0 Å². The van der Waals surface area contributed by atoms with E-state index in [0.717, 1.165) is 6.07 Å². The maximum absolute atomic E-state index is 14.4. The van der Waals surface area contributed by atoms with Crippen LogP contribution in [0, 0.1) is 24.5 Å². The number of nitrogens with one attached hydrogen (secondary N) is 1. The zero-order valence-electron chi connectivity index (χ0n) is 15.8. The van der Waals surface area contributed by atoms with E-state index in [0.29, 0.717) is 36.7 Å². The van der Waals surface area contributed by atoms with Gasteiger partial charge in [-0.1, -0.05) is 6.07 Å². The van der Waals surface area contributed by atoms with Gasteiger partial charge < -0.3 is 19.7 Å². The number of amides is 1. The minimum atomic E-state index is -0.695. The lowest BCUT2D eigenvalue weighted by Gasteiger charge is -2.39. The van der Waals surface area contributed by atoms with Crippen molar-refractivity contribution >= 4 is 17.4 Å². The number of carbonyl (C=O) groups excluding carboxylic acids is 2. The van der Waals surface area contributed by atoms with Crippen molar-refractivity contribution in [3.8, 4) is 11.5 Å². The van der Waals surface area contributed by atoms with Crippen LogP contribution in [0.2, 0.25) is 0 Å². The number of carbonyl (C=O) groups is 2. The van der Waals surface area contributed by atoms with Crippen molar-refractivity contribution in [3.05, 3.63) is 53.1 Å². The van der Waals surface area contributed by atoms with E-state index in [1.165, 1.54) is 17.0 Å². The maximum atomic E-state index is 14.4. The highest BCUT2D eigenvalue weighted by atomic mass is 19.1. The highest BCUT2D eigenvalue weighted by Crippen LogP contribution is 2.31. The summed E-state index contributed by atoms with van der Waals surface area (Å²) in [5, 5.41) is 2.87. The van der Waals surface area contributed by atoms with Gasteiger partial charge in [-0.2, -0.15) is 0 Å². The van der Waals surface area contributed by atoms with Gasteiger partial charge in [-0.25, -0.2) is 8.78 Å². The van der Waals surface area contributed by atoms with Crippen molar-refractivity contribution in [2.75, 3.05) is 38.2 Å². The number of nitrogens with zero attached hydrogens (tertiary/aromatic N) is 1. The number of benzene rings is 2. The van der Waals surface area contributed by atoms with E-state index < -0.39 is 11.7 Å². The molecule has 0 saturated carbocycles. The average Bonchev–Trinajstić information content (AvgIpc) is 2.84. The molecule has 2 aromatic rings. The van der Waals surface area contributed by atoms with Crippen LogP contribution >= 0.6 is 0 Å². The molecule has 29 heavy (non-hydrogen) atoms. The van der Waals surface area contributed by atoms with Crippen molar-refractivity contribution in [1.82, 2.24) is 4.90 Å². The lowest BCUT2D eigenvalue weighted by molar-refractivity contribution is -0.119. The fourth-order valence-electron chi connectivity index (χ4n) is 3.27. The molecule has 2 aromatic carbocycles. The summed E-state index contributed by atoms with van der Waals surface area (Å²) in [7, 11) is 0. The molecule has 8 heteroatoms. The Bertz CT molecular complexity index is 973. The standard InChI is InChI=1S/C21H20F2N2O4/c1-12-2-3-15(4-17(12)22)28-10-13-8-25(9-13)21(27)16-5-19-20(6-18(16)23)29-11-14(26)7-24-19/h2-6,13,24H,7-11H2,1H3. The number of hydrogen-bond donors (Lipinski definition) is 1. The number of anilines is 1. The van der Waals surface area contributed by atoms with Crippen LogP contribution in [0.4, 0.5) is 14.5 Å². The smallest absolute Gasteiger partial charge is 0.256 e. The minimum Gasteiger partial charge on any atom is -0.493 e. The van der Waals surface area contributed by atoms with Crippen LogP contribution in [0.1, 0.15) is 15.9 Å². The molecule has 1 amide bonds. The van der Waals surface area contributed by atoms with E-state index in [1.54, 1.807) is 19.1 Å². The number of aryl methyl sites for hydroxylation is 1. The van der Waals surface area contributed by atoms with Crippen LogP contribution in [-0.4, -0.2) is 49.4 Å². The second-order valence-electron chi connectivity index (χ2n) is 7.31. The highest BCUT2D eigenvalue weighted by Gasteiger charge is 2.33. The van der Waals surface area contributed by atoms with Gasteiger partial charge in [-0.15, -0.1) is 0 Å². The number of ketones is 1. The Labute approximate surface area is 166 Å². The monoisotopic (exact) mass is 402 g/mol. The predicted octanol–water partition coefficient (Wildman–Crippen LogP) is 2.80. The predicted molar refractivity (Wildman–Crippen MR) is 101 cm³/mol. The average molecular weight is 402 g/mol. The Morgan fingerprint density at radius 3 is 2.79 bits per heavy atom.